The zero-order valence-electron chi connectivity index (χ0n) is 27.2. The highest BCUT2D eigenvalue weighted by Gasteiger charge is 2.32. The highest BCUT2D eigenvalue weighted by atomic mass is 32.1. The second kappa shape index (κ2) is 13.1. The van der Waals surface area contributed by atoms with Gasteiger partial charge in [-0.25, -0.2) is 15.0 Å². The van der Waals surface area contributed by atoms with Crippen molar-refractivity contribution in [2.75, 3.05) is 43.1 Å². The van der Waals surface area contributed by atoms with E-state index in [-0.39, 0.29) is 31.2 Å². The van der Waals surface area contributed by atoms with Gasteiger partial charge >= 0.3 is 0 Å². The fraction of sp³-hybridized carbons (Fsp3) is 0.286. The molecule has 2 saturated heterocycles. The summed E-state index contributed by atoms with van der Waals surface area (Å²) in [7, 11) is 1.68. The standard InChI is InChI=1S/C35H35N9O4.H2S/c1-22-17-41(26-20-48-21-26)10-11-42(22)25-5-6-31(38-16-25)39-29-14-24(18-40(2)34(29)46)27-7-9-37-33(28(27)19-45)44-13-12-43-30(35(44)47)15-23-4-3-8-36-32(23)43;/h3-9,12-16,18,22,26,45H,10-11,17,19-21H2,1-2H3,(H,38,39);1H2/t22-;/m0./s1. The number of hydrogen-bond donors (Lipinski definition) is 2. The highest BCUT2D eigenvalue weighted by molar-refractivity contribution is 7.59. The van der Waals surface area contributed by atoms with Gasteiger partial charge in [0.25, 0.3) is 11.1 Å². The van der Waals surface area contributed by atoms with Gasteiger partial charge in [-0.3, -0.25) is 23.5 Å². The van der Waals surface area contributed by atoms with E-state index in [4.69, 9.17) is 4.74 Å². The lowest BCUT2D eigenvalue weighted by Crippen LogP contribution is -2.59. The minimum Gasteiger partial charge on any atom is -0.392 e. The van der Waals surface area contributed by atoms with E-state index in [0.29, 0.717) is 57.3 Å². The van der Waals surface area contributed by atoms with E-state index in [1.165, 1.54) is 9.13 Å². The maximum Gasteiger partial charge on any atom is 0.280 e. The van der Waals surface area contributed by atoms with E-state index in [2.05, 4.69) is 37.0 Å². The van der Waals surface area contributed by atoms with Crippen molar-refractivity contribution in [3.8, 4) is 16.9 Å². The van der Waals surface area contributed by atoms with Gasteiger partial charge in [-0.2, -0.15) is 13.5 Å². The maximum absolute atomic E-state index is 13.7. The molecule has 6 aromatic rings. The van der Waals surface area contributed by atoms with Gasteiger partial charge in [0, 0.05) is 80.2 Å². The first-order valence-corrected chi connectivity index (χ1v) is 16.0. The molecule has 0 radical (unpaired) electrons. The number of aryl methyl sites for hydroxylation is 1. The first-order chi connectivity index (χ1) is 23.4. The Kier molecular flexibility index (Phi) is 8.71. The summed E-state index contributed by atoms with van der Waals surface area (Å²) in [6.45, 7) is 6.36. The Morgan fingerprint density at radius 2 is 1.86 bits per heavy atom. The van der Waals surface area contributed by atoms with Crippen LogP contribution in [-0.4, -0.2) is 83.4 Å². The molecule has 252 valence electrons. The normalized spacial score (nSPS) is 16.9. The number of nitrogens with one attached hydrogen (secondary N) is 1. The summed E-state index contributed by atoms with van der Waals surface area (Å²) in [5, 5.41) is 14.6. The minimum absolute atomic E-state index is 0. The van der Waals surface area contributed by atoms with Crippen LogP contribution in [0, 0.1) is 0 Å². The number of rotatable bonds is 7. The lowest BCUT2D eigenvalue weighted by molar-refractivity contribution is -0.0691. The summed E-state index contributed by atoms with van der Waals surface area (Å²) in [6.07, 6.45) is 10.2. The first-order valence-electron chi connectivity index (χ1n) is 16.0. The Bertz CT molecular complexity index is 2280. The van der Waals surface area contributed by atoms with Crippen LogP contribution in [-0.2, 0) is 18.4 Å². The maximum atomic E-state index is 13.7. The summed E-state index contributed by atoms with van der Waals surface area (Å²) in [5.74, 6) is 0.843. The Hall–Kier alpha value is -5.02. The number of pyridine rings is 4. The SMILES string of the molecule is C[C@H]1CN(C2COC2)CCN1c1ccc(Nc2cc(-c3ccnc(-n4ccn5c(cc6cccnc65)c4=O)c3CO)cn(C)c2=O)nc1.S. The van der Waals surface area contributed by atoms with Crippen LogP contribution in [0.4, 0.5) is 17.2 Å². The highest BCUT2D eigenvalue weighted by Crippen LogP contribution is 2.29. The molecule has 0 aromatic carbocycles. The molecule has 0 aliphatic carbocycles. The van der Waals surface area contributed by atoms with Gasteiger partial charge in [0.1, 0.15) is 28.5 Å². The molecule has 49 heavy (non-hydrogen) atoms. The van der Waals surface area contributed by atoms with Crippen molar-refractivity contribution in [2.45, 2.75) is 25.6 Å². The third-order valence-corrected chi connectivity index (χ3v) is 9.45. The third kappa shape index (κ3) is 5.76. The van der Waals surface area contributed by atoms with Crippen LogP contribution in [0.15, 0.2) is 89.2 Å². The summed E-state index contributed by atoms with van der Waals surface area (Å²) in [4.78, 5) is 45.4. The summed E-state index contributed by atoms with van der Waals surface area (Å²) >= 11 is 0. The van der Waals surface area contributed by atoms with Crippen LogP contribution in [0.5, 0.6) is 0 Å². The van der Waals surface area contributed by atoms with Crippen molar-refractivity contribution in [1.29, 1.82) is 0 Å². The van der Waals surface area contributed by atoms with Crippen molar-refractivity contribution in [3.63, 3.8) is 0 Å². The molecule has 8 rings (SSSR count). The molecule has 2 aliphatic heterocycles. The van der Waals surface area contributed by atoms with Gasteiger partial charge in [0.2, 0.25) is 0 Å². The lowest BCUT2D eigenvalue weighted by atomic mass is 10.0. The summed E-state index contributed by atoms with van der Waals surface area (Å²) < 4.78 is 10.0. The quantitative estimate of drug-likeness (QED) is 0.259. The van der Waals surface area contributed by atoms with E-state index in [0.717, 1.165) is 43.9 Å². The number of anilines is 3. The number of piperazine rings is 1. The van der Waals surface area contributed by atoms with Crippen LogP contribution in [0.1, 0.15) is 12.5 Å². The van der Waals surface area contributed by atoms with Crippen LogP contribution in [0.3, 0.4) is 0 Å². The van der Waals surface area contributed by atoms with Crippen molar-refractivity contribution >= 4 is 47.2 Å². The molecule has 1 atom stereocenters. The predicted octanol–water partition coefficient (Wildman–Crippen LogP) is 3.05. The molecule has 13 nitrogen and oxygen atoms in total. The summed E-state index contributed by atoms with van der Waals surface area (Å²) in [6, 6.07) is 13.8. The predicted molar refractivity (Wildman–Crippen MR) is 194 cm³/mol. The number of fused-ring (bicyclic) bond motifs is 3. The van der Waals surface area contributed by atoms with Crippen molar-refractivity contribution < 1.29 is 9.84 Å². The average Bonchev–Trinajstić information content (AvgIpc) is 3.46. The monoisotopic (exact) mass is 679 g/mol. The molecule has 2 N–H and O–H groups in total. The second-order valence-corrected chi connectivity index (χ2v) is 12.4. The fourth-order valence-corrected chi connectivity index (χ4v) is 6.83. The zero-order valence-corrected chi connectivity index (χ0v) is 28.2. The molecule has 14 heteroatoms. The van der Waals surface area contributed by atoms with Gasteiger partial charge in [-0.1, -0.05) is 0 Å². The third-order valence-electron chi connectivity index (χ3n) is 9.45. The Morgan fingerprint density at radius 3 is 2.59 bits per heavy atom. The van der Waals surface area contributed by atoms with E-state index < -0.39 is 0 Å². The molecule has 0 amide bonds. The topological polar surface area (TPSA) is 135 Å². The molecule has 0 spiro atoms. The van der Waals surface area contributed by atoms with Crippen LogP contribution < -0.4 is 21.3 Å². The smallest absolute Gasteiger partial charge is 0.280 e. The lowest BCUT2D eigenvalue weighted by Gasteiger charge is -2.46. The van der Waals surface area contributed by atoms with E-state index >= 15 is 0 Å². The van der Waals surface area contributed by atoms with E-state index in [9.17, 15) is 14.7 Å². The van der Waals surface area contributed by atoms with Crippen molar-refractivity contribution in [3.05, 3.63) is 106 Å². The molecular formula is C35H37N9O4S. The number of nitrogens with zero attached hydrogens (tertiary/aromatic N) is 8. The Balaban J connectivity index is 0.00000378. The van der Waals surface area contributed by atoms with Crippen molar-refractivity contribution in [1.82, 2.24) is 33.4 Å². The molecule has 8 heterocycles. The molecule has 6 aromatic heterocycles. The largest absolute Gasteiger partial charge is 0.392 e. The van der Waals surface area contributed by atoms with Gasteiger partial charge < -0.3 is 24.6 Å². The number of aliphatic hydroxyl groups excluding tert-OH is 1. The van der Waals surface area contributed by atoms with Gasteiger partial charge in [-0.15, -0.1) is 0 Å². The number of ether oxygens (including phenoxy) is 1. The van der Waals surface area contributed by atoms with Gasteiger partial charge in [0.05, 0.1) is 37.7 Å². The number of aromatic nitrogens is 6. The fourth-order valence-electron chi connectivity index (χ4n) is 6.83. The van der Waals surface area contributed by atoms with Crippen LogP contribution in [0.25, 0.3) is 33.5 Å². The number of aliphatic hydroxyl groups is 1. The molecule has 2 aliphatic rings. The molecule has 0 unspecified atom stereocenters. The average molecular weight is 680 g/mol. The molecule has 0 bridgehead atoms. The number of hydrogen-bond acceptors (Lipinski definition) is 10. The first kappa shape index (κ1) is 32.5. The summed E-state index contributed by atoms with van der Waals surface area (Å²) in [5.41, 5.74) is 3.71. The minimum atomic E-state index is -0.379. The van der Waals surface area contributed by atoms with Crippen molar-refractivity contribution in [2.24, 2.45) is 7.05 Å². The second-order valence-electron chi connectivity index (χ2n) is 12.4. The Labute approximate surface area is 288 Å². The van der Waals surface area contributed by atoms with Gasteiger partial charge in [0.15, 0.2) is 0 Å². The Morgan fingerprint density at radius 1 is 1.00 bits per heavy atom. The van der Waals surface area contributed by atoms with Gasteiger partial charge in [-0.05, 0) is 55.0 Å². The van der Waals surface area contributed by atoms with Crippen LogP contribution >= 0.6 is 13.5 Å². The van der Waals surface area contributed by atoms with Crippen LogP contribution in [0.2, 0.25) is 0 Å². The molecule has 0 saturated carbocycles. The zero-order chi connectivity index (χ0) is 32.9. The molecule has 2 fully saturated rings. The molecular weight excluding hydrogens is 643 g/mol. The van der Waals surface area contributed by atoms with E-state index in [1.54, 1.807) is 60.6 Å². The van der Waals surface area contributed by atoms with E-state index in [1.807, 2.05) is 30.5 Å².